The number of nitrogens with zero attached hydrogens (tertiary/aromatic N) is 1. The van der Waals surface area contributed by atoms with Crippen LogP contribution in [0.5, 0.6) is 0 Å². The molecule has 0 bridgehead atoms. The van der Waals surface area contributed by atoms with Gasteiger partial charge < -0.3 is 4.74 Å². The highest BCUT2D eigenvalue weighted by Gasteiger charge is 2.29. The molecule has 1 saturated heterocycles. The van der Waals surface area contributed by atoms with Crippen molar-refractivity contribution in [3.63, 3.8) is 0 Å². The maximum Gasteiger partial charge on any atom is 0.162 e. The highest BCUT2D eigenvalue weighted by molar-refractivity contribution is 6.30. The van der Waals surface area contributed by atoms with E-state index in [2.05, 4.69) is 4.90 Å². The predicted molar refractivity (Wildman–Crippen MR) is 96.3 cm³/mol. The van der Waals surface area contributed by atoms with Gasteiger partial charge in [0.2, 0.25) is 0 Å². The first-order chi connectivity index (χ1) is 10.7. The Morgan fingerprint density at radius 3 is 2.61 bits per heavy atom. The van der Waals surface area contributed by atoms with Crippen molar-refractivity contribution >= 4 is 35.9 Å². The first kappa shape index (κ1) is 18.5. The van der Waals surface area contributed by atoms with Crippen molar-refractivity contribution in [2.45, 2.75) is 19.3 Å². The highest BCUT2D eigenvalue weighted by atomic mass is 35.5. The van der Waals surface area contributed by atoms with Gasteiger partial charge in [-0.2, -0.15) is 0 Å². The Hall–Kier alpha value is -0.870. The number of carbonyl (C=O) groups excluding carboxylic acids is 1. The van der Waals surface area contributed by atoms with Crippen molar-refractivity contribution < 1.29 is 9.53 Å². The first-order valence-corrected chi connectivity index (χ1v) is 8.40. The number of hydrogen-bond donors (Lipinski definition) is 0. The molecule has 0 spiro atoms. The van der Waals surface area contributed by atoms with Crippen LogP contribution in [0.1, 0.15) is 24.8 Å². The third-order valence-electron chi connectivity index (χ3n) is 4.56. The van der Waals surface area contributed by atoms with Crippen LogP contribution in [0.15, 0.2) is 29.8 Å². The molecule has 1 aromatic carbocycles. The Kier molecular flexibility index (Phi) is 7.09. The van der Waals surface area contributed by atoms with E-state index in [4.69, 9.17) is 16.3 Å². The Morgan fingerprint density at radius 2 is 1.91 bits per heavy atom. The van der Waals surface area contributed by atoms with E-state index in [1.165, 1.54) is 0 Å². The molecule has 1 aromatic rings. The normalized spacial score (nSPS) is 24.0. The molecule has 0 aromatic heterocycles. The average molecular weight is 356 g/mol. The van der Waals surface area contributed by atoms with Crippen molar-refractivity contribution in [3.05, 3.63) is 40.4 Å². The predicted octanol–water partition coefficient (Wildman–Crippen LogP) is 3.85. The molecule has 1 unspecified atom stereocenters. The summed E-state index contributed by atoms with van der Waals surface area (Å²) in [6.07, 6.45) is 4.88. The molecule has 0 amide bonds. The van der Waals surface area contributed by atoms with Gasteiger partial charge in [-0.3, -0.25) is 9.69 Å². The zero-order valence-corrected chi connectivity index (χ0v) is 14.7. The van der Waals surface area contributed by atoms with E-state index in [1.54, 1.807) is 0 Å². The van der Waals surface area contributed by atoms with Crippen LogP contribution in [-0.2, 0) is 9.53 Å². The van der Waals surface area contributed by atoms with Gasteiger partial charge >= 0.3 is 0 Å². The van der Waals surface area contributed by atoms with Crippen LogP contribution in [0.3, 0.4) is 0 Å². The number of allylic oxidation sites excluding steroid dienone is 1. The number of ketones is 1. The van der Waals surface area contributed by atoms with Crippen LogP contribution in [0.2, 0.25) is 5.02 Å². The second kappa shape index (κ2) is 8.84. The molecular weight excluding hydrogens is 333 g/mol. The second-order valence-corrected chi connectivity index (χ2v) is 6.50. The molecule has 1 heterocycles. The molecule has 5 heteroatoms. The average Bonchev–Trinajstić information content (AvgIpc) is 2.89. The van der Waals surface area contributed by atoms with Gasteiger partial charge in [0.15, 0.2) is 5.78 Å². The summed E-state index contributed by atoms with van der Waals surface area (Å²) in [4.78, 5) is 14.9. The van der Waals surface area contributed by atoms with Crippen LogP contribution in [0, 0.1) is 5.92 Å². The zero-order chi connectivity index (χ0) is 15.4. The number of carbonyl (C=O) groups is 1. The van der Waals surface area contributed by atoms with Gasteiger partial charge in [0, 0.05) is 24.0 Å². The van der Waals surface area contributed by atoms with E-state index < -0.39 is 0 Å². The third-order valence-corrected chi connectivity index (χ3v) is 4.81. The van der Waals surface area contributed by atoms with Crippen molar-refractivity contribution in [2.24, 2.45) is 5.92 Å². The van der Waals surface area contributed by atoms with Crippen LogP contribution in [-0.4, -0.2) is 43.5 Å². The topological polar surface area (TPSA) is 29.5 Å². The summed E-state index contributed by atoms with van der Waals surface area (Å²) in [6.45, 7) is 4.64. The fraction of sp³-hybridized carbons (Fsp3) is 0.500. The van der Waals surface area contributed by atoms with Gasteiger partial charge in [-0.15, -0.1) is 12.4 Å². The molecule has 23 heavy (non-hydrogen) atoms. The number of benzene rings is 1. The largest absolute Gasteiger partial charge is 0.379 e. The number of rotatable bonds is 4. The van der Waals surface area contributed by atoms with E-state index in [-0.39, 0.29) is 18.3 Å². The van der Waals surface area contributed by atoms with Crippen LogP contribution in [0.4, 0.5) is 0 Å². The molecule has 1 aliphatic heterocycles. The highest BCUT2D eigenvalue weighted by Crippen LogP contribution is 2.31. The van der Waals surface area contributed by atoms with Crippen LogP contribution < -0.4 is 0 Å². The Bertz CT molecular complexity index is 551. The second-order valence-electron chi connectivity index (χ2n) is 6.06. The number of halogens is 2. The SMILES string of the molecule is Cl.O=C1/C(=C/c2ccc(Cl)cc2)CCC1CCN1CCOCC1. The number of hydrogen-bond acceptors (Lipinski definition) is 3. The van der Waals surface area contributed by atoms with Gasteiger partial charge in [-0.05, 0) is 55.2 Å². The Morgan fingerprint density at radius 1 is 1.22 bits per heavy atom. The molecule has 3 rings (SSSR count). The smallest absolute Gasteiger partial charge is 0.162 e. The van der Waals surface area contributed by atoms with E-state index in [1.807, 2.05) is 30.3 Å². The molecule has 1 atom stereocenters. The van der Waals surface area contributed by atoms with Gasteiger partial charge in [0.25, 0.3) is 0 Å². The maximum absolute atomic E-state index is 12.5. The minimum absolute atomic E-state index is 0. The van der Waals surface area contributed by atoms with Crippen LogP contribution in [0.25, 0.3) is 6.08 Å². The van der Waals surface area contributed by atoms with Crippen molar-refractivity contribution in [1.29, 1.82) is 0 Å². The molecule has 126 valence electrons. The Balaban J connectivity index is 0.00000192. The molecule has 3 nitrogen and oxygen atoms in total. The standard InChI is InChI=1S/C18H22ClNO2.ClH/c19-17-5-1-14(2-6-17)13-16-4-3-15(18(16)21)7-8-20-9-11-22-12-10-20;/h1-2,5-6,13,15H,3-4,7-12H2;1H/b16-13+;. The van der Waals surface area contributed by atoms with Crippen molar-refractivity contribution in [3.8, 4) is 0 Å². The molecule has 2 fully saturated rings. The Labute approximate surface area is 149 Å². The lowest BCUT2D eigenvalue weighted by Crippen LogP contribution is -2.37. The fourth-order valence-corrected chi connectivity index (χ4v) is 3.31. The lowest BCUT2D eigenvalue weighted by Gasteiger charge is -2.27. The minimum Gasteiger partial charge on any atom is -0.379 e. The summed E-state index contributed by atoms with van der Waals surface area (Å²) >= 11 is 5.89. The van der Waals surface area contributed by atoms with Crippen molar-refractivity contribution in [1.82, 2.24) is 4.90 Å². The summed E-state index contributed by atoms with van der Waals surface area (Å²) in [5.74, 6) is 0.532. The minimum atomic E-state index is 0. The fourth-order valence-electron chi connectivity index (χ4n) is 3.19. The van der Waals surface area contributed by atoms with Gasteiger partial charge in [-0.1, -0.05) is 23.7 Å². The monoisotopic (exact) mass is 355 g/mol. The van der Waals surface area contributed by atoms with Crippen LogP contribution >= 0.6 is 24.0 Å². The lowest BCUT2D eigenvalue weighted by molar-refractivity contribution is -0.118. The molecular formula is C18H23Cl2NO2. The van der Waals surface area contributed by atoms with Gasteiger partial charge in [0.1, 0.15) is 0 Å². The lowest BCUT2D eigenvalue weighted by atomic mass is 10.0. The summed E-state index contributed by atoms with van der Waals surface area (Å²) in [6, 6.07) is 7.65. The molecule has 1 aliphatic carbocycles. The quantitative estimate of drug-likeness (QED) is 0.768. The molecule has 0 N–H and O–H groups in total. The van der Waals surface area contributed by atoms with Gasteiger partial charge in [0.05, 0.1) is 13.2 Å². The number of Topliss-reactive ketones (excluding diaryl/α,β-unsaturated/α-hetero) is 1. The van der Waals surface area contributed by atoms with Crippen molar-refractivity contribution in [2.75, 3.05) is 32.8 Å². The summed E-state index contributed by atoms with van der Waals surface area (Å²) in [7, 11) is 0. The van der Waals surface area contributed by atoms with E-state index >= 15 is 0 Å². The molecule has 0 radical (unpaired) electrons. The first-order valence-electron chi connectivity index (χ1n) is 8.03. The van der Waals surface area contributed by atoms with E-state index in [0.717, 1.165) is 68.3 Å². The van der Waals surface area contributed by atoms with E-state index in [9.17, 15) is 4.79 Å². The molecule has 1 saturated carbocycles. The number of morpholine rings is 1. The van der Waals surface area contributed by atoms with Gasteiger partial charge in [-0.25, -0.2) is 0 Å². The van der Waals surface area contributed by atoms with E-state index in [0.29, 0.717) is 5.78 Å². The number of ether oxygens (including phenoxy) is 1. The zero-order valence-electron chi connectivity index (χ0n) is 13.2. The third kappa shape index (κ3) is 5.05. The molecule has 2 aliphatic rings. The maximum atomic E-state index is 12.5. The summed E-state index contributed by atoms with van der Waals surface area (Å²) < 4.78 is 5.36. The summed E-state index contributed by atoms with van der Waals surface area (Å²) in [5.41, 5.74) is 2.02. The summed E-state index contributed by atoms with van der Waals surface area (Å²) in [5, 5.41) is 0.725.